The van der Waals surface area contributed by atoms with Crippen molar-refractivity contribution in [3.05, 3.63) is 66.4 Å². The van der Waals surface area contributed by atoms with Gasteiger partial charge in [-0.15, -0.1) is 0 Å². The van der Waals surface area contributed by atoms with Crippen LogP contribution in [0.3, 0.4) is 0 Å². The summed E-state index contributed by atoms with van der Waals surface area (Å²) in [6.07, 6.45) is 3.07. The third-order valence-electron chi connectivity index (χ3n) is 5.28. The van der Waals surface area contributed by atoms with Crippen LogP contribution in [0, 0.1) is 11.2 Å². The Morgan fingerprint density at radius 1 is 1.27 bits per heavy atom. The number of ether oxygens (including phenoxy) is 1. The highest BCUT2D eigenvalue weighted by atomic mass is 32.2. The van der Waals surface area contributed by atoms with E-state index in [2.05, 4.69) is 10.3 Å². The summed E-state index contributed by atoms with van der Waals surface area (Å²) in [5.41, 5.74) is 0.192. The molecule has 0 aliphatic heterocycles. The number of nitrogens with one attached hydrogen (secondary N) is 1. The number of carboxylic acid groups (broad SMARTS) is 1. The van der Waals surface area contributed by atoms with Crippen molar-refractivity contribution >= 4 is 16.1 Å². The summed E-state index contributed by atoms with van der Waals surface area (Å²) in [6, 6.07) is 8.39. The monoisotopic (exact) mass is 475 g/mol. The zero-order valence-electron chi connectivity index (χ0n) is 18.7. The second-order valence-corrected chi connectivity index (χ2v) is 10.4. The molecule has 1 aromatic carbocycles. The summed E-state index contributed by atoms with van der Waals surface area (Å²) in [6.45, 7) is 5.62. The molecule has 0 aliphatic carbocycles. The lowest BCUT2D eigenvalue weighted by atomic mass is 9.83. The zero-order valence-corrected chi connectivity index (χ0v) is 19.6. The summed E-state index contributed by atoms with van der Waals surface area (Å²) >= 11 is 0. The minimum Gasteiger partial charge on any atom is -0.494 e. The summed E-state index contributed by atoms with van der Waals surface area (Å²) in [7, 11) is -2.79. The van der Waals surface area contributed by atoms with Crippen LogP contribution in [0.4, 0.5) is 9.18 Å². The van der Waals surface area contributed by atoms with Crippen LogP contribution in [0.5, 0.6) is 5.75 Å². The Hall–Kier alpha value is -3.40. The van der Waals surface area contributed by atoms with Gasteiger partial charge in [0.05, 0.1) is 12.8 Å². The number of methoxy groups -OCH3 is 1. The predicted molar refractivity (Wildman–Crippen MR) is 121 cm³/mol. The Balaban J connectivity index is 2.20. The fourth-order valence-electron chi connectivity index (χ4n) is 3.44. The van der Waals surface area contributed by atoms with E-state index in [4.69, 9.17) is 4.74 Å². The van der Waals surface area contributed by atoms with Gasteiger partial charge in [0.15, 0.2) is 11.6 Å². The maximum absolute atomic E-state index is 15.1. The Morgan fingerprint density at radius 3 is 2.58 bits per heavy atom. The van der Waals surface area contributed by atoms with E-state index in [1.807, 2.05) is 20.8 Å². The zero-order chi connectivity index (χ0) is 24.4. The third-order valence-corrected chi connectivity index (χ3v) is 6.93. The van der Waals surface area contributed by atoms with Crippen molar-refractivity contribution in [2.75, 3.05) is 7.11 Å². The molecule has 0 saturated heterocycles. The van der Waals surface area contributed by atoms with E-state index in [-0.39, 0.29) is 28.3 Å². The SMILES string of the molecule is COc1cccc(-c2cc(CC(NC(=O)O)C(C)(C)C)cn2S(=O)(=O)c2cccnc2)c1F. The Labute approximate surface area is 192 Å². The van der Waals surface area contributed by atoms with Crippen molar-refractivity contribution in [3.63, 3.8) is 0 Å². The Bertz CT molecular complexity index is 1250. The van der Waals surface area contributed by atoms with E-state index in [1.165, 1.54) is 50.0 Å². The molecule has 1 unspecified atom stereocenters. The van der Waals surface area contributed by atoms with Gasteiger partial charge in [-0.1, -0.05) is 26.8 Å². The molecule has 2 heterocycles. The van der Waals surface area contributed by atoms with Gasteiger partial charge in [-0.05, 0) is 47.7 Å². The second kappa shape index (κ2) is 9.22. The van der Waals surface area contributed by atoms with E-state index in [0.717, 1.165) is 3.97 Å². The number of hydrogen-bond acceptors (Lipinski definition) is 5. The summed E-state index contributed by atoms with van der Waals surface area (Å²) < 4.78 is 48.0. The van der Waals surface area contributed by atoms with Gasteiger partial charge in [0.1, 0.15) is 4.90 Å². The van der Waals surface area contributed by atoms with Crippen LogP contribution < -0.4 is 10.1 Å². The van der Waals surface area contributed by atoms with E-state index in [1.54, 1.807) is 12.1 Å². The van der Waals surface area contributed by atoms with E-state index >= 15 is 4.39 Å². The quantitative estimate of drug-likeness (QED) is 0.531. The molecule has 176 valence electrons. The van der Waals surface area contributed by atoms with Crippen molar-refractivity contribution in [1.82, 2.24) is 14.3 Å². The fraction of sp³-hybridized carbons (Fsp3) is 0.304. The van der Waals surface area contributed by atoms with Gasteiger partial charge in [0, 0.05) is 30.2 Å². The van der Waals surface area contributed by atoms with Gasteiger partial charge in [-0.25, -0.2) is 21.6 Å². The summed E-state index contributed by atoms with van der Waals surface area (Å²) in [5, 5.41) is 11.7. The fourth-order valence-corrected chi connectivity index (χ4v) is 4.80. The molecule has 3 rings (SSSR count). The normalized spacial score (nSPS) is 12.9. The molecule has 0 fully saturated rings. The molecule has 0 saturated carbocycles. The van der Waals surface area contributed by atoms with Crippen LogP contribution in [-0.4, -0.2) is 41.7 Å². The van der Waals surface area contributed by atoms with Crippen LogP contribution in [0.25, 0.3) is 11.3 Å². The highest BCUT2D eigenvalue weighted by Gasteiger charge is 2.29. The molecule has 8 nitrogen and oxygen atoms in total. The first-order valence-corrected chi connectivity index (χ1v) is 11.6. The van der Waals surface area contributed by atoms with Crippen LogP contribution in [-0.2, 0) is 16.4 Å². The van der Waals surface area contributed by atoms with Gasteiger partial charge in [0.25, 0.3) is 10.0 Å². The second-order valence-electron chi connectivity index (χ2n) is 8.62. The Morgan fingerprint density at radius 2 is 2.00 bits per heavy atom. The van der Waals surface area contributed by atoms with Crippen LogP contribution in [0.15, 0.2) is 59.9 Å². The van der Waals surface area contributed by atoms with Gasteiger partial charge in [0.2, 0.25) is 0 Å². The Kier molecular flexibility index (Phi) is 6.78. The number of amides is 1. The van der Waals surface area contributed by atoms with Crippen molar-refractivity contribution < 1.29 is 27.4 Å². The number of benzene rings is 1. The van der Waals surface area contributed by atoms with Crippen molar-refractivity contribution in [3.8, 4) is 17.0 Å². The number of aromatic nitrogens is 2. The number of pyridine rings is 1. The first-order valence-electron chi connectivity index (χ1n) is 10.1. The van der Waals surface area contributed by atoms with Gasteiger partial charge in [-0.2, -0.15) is 0 Å². The smallest absolute Gasteiger partial charge is 0.404 e. The van der Waals surface area contributed by atoms with Crippen LogP contribution in [0.1, 0.15) is 26.3 Å². The number of hydrogen-bond donors (Lipinski definition) is 2. The van der Waals surface area contributed by atoms with Gasteiger partial charge < -0.3 is 15.2 Å². The first kappa shape index (κ1) is 24.2. The van der Waals surface area contributed by atoms with Crippen LogP contribution in [0.2, 0.25) is 0 Å². The third kappa shape index (κ3) is 5.16. The van der Waals surface area contributed by atoms with E-state index in [9.17, 15) is 18.3 Å². The molecule has 0 radical (unpaired) electrons. The summed E-state index contributed by atoms with van der Waals surface area (Å²) in [5.74, 6) is -0.732. The molecule has 1 amide bonds. The topological polar surface area (TPSA) is 111 Å². The molecular formula is C23H26FN3O5S. The molecule has 0 aliphatic rings. The lowest BCUT2D eigenvalue weighted by molar-refractivity contribution is 0.174. The maximum atomic E-state index is 15.1. The van der Waals surface area contributed by atoms with Crippen LogP contribution >= 0.6 is 0 Å². The first-order chi connectivity index (χ1) is 15.4. The molecule has 1 atom stereocenters. The molecule has 3 aromatic rings. The molecule has 2 N–H and O–H groups in total. The molecule has 2 aromatic heterocycles. The number of halogens is 1. The minimum atomic E-state index is -4.12. The highest BCUT2D eigenvalue weighted by Crippen LogP contribution is 2.34. The molecular weight excluding hydrogens is 449 g/mol. The number of carbonyl (C=O) groups is 1. The average molecular weight is 476 g/mol. The van der Waals surface area contributed by atoms with E-state index < -0.39 is 33.4 Å². The average Bonchev–Trinajstić information content (AvgIpc) is 3.17. The van der Waals surface area contributed by atoms with Gasteiger partial charge >= 0.3 is 6.09 Å². The van der Waals surface area contributed by atoms with Crippen molar-refractivity contribution in [2.24, 2.45) is 5.41 Å². The van der Waals surface area contributed by atoms with E-state index in [0.29, 0.717) is 5.56 Å². The molecule has 10 heteroatoms. The lowest BCUT2D eigenvalue weighted by Crippen LogP contribution is -2.44. The van der Waals surface area contributed by atoms with Crippen molar-refractivity contribution in [1.29, 1.82) is 0 Å². The highest BCUT2D eigenvalue weighted by molar-refractivity contribution is 7.90. The largest absolute Gasteiger partial charge is 0.494 e. The number of nitrogens with zero attached hydrogens (tertiary/aromatic N) is 2. The molecule has 0 spiro atoms. The van der Waals surface area contributed by atoms with Crippen molar-refractivity contribution in [2.45, 2.75) is 38.1 Å². The minimum absolute atomic E-state index is 0.0271. The maximum Gasteiger partial charge on any atom is 0.404 e. The number of rotatable bonds is 7. The molecule has 0 bridgehead atoms. The predicted octanol–water partition coefficient (Wildman–Crippen LogP) is 4.16. The lowest BCUT2D eigenvalue weighted by Gasteiger charge is -2.30. The summed E-state index contributed by atoms with van der Waals surface area (Å²) in [4.78, 5) is 15.1. The molecule has 33 heavy (non-hydrogen) atoms. The standard InChI is InChI=1S/C23H26FN3O5S/c1-23(2,3)20(26-22(28)29)12-15-11-18(17-8-5-9-19(32-4)21(17)24)27(14-15)33(30,31)16-7-6-10-25-13-16/h5-11,13-14,20,26H,12H2,1-4H3,(H,28,29). The van der Waals surface area contributed by atoms with Gasteiger partial charge in [-0.3, -0.25) is 4.98 Å².